The molecule has 3 aromatic rings. The van der Waals surface area contributed by atoms with Crippen LogP contribution in [0.15, 0.2) is 64.0 Å². The molecule has 3 rings (SSSR count). The van der Waals surface area contributed by atoms with E-state index in [1.165, 1.54) is 0 Å². The van der Waals surface area contributed by atoms with Gasteiger partial charge in [-0.3, -0.25) is 9.59 Å². The maximum Gasteiger partial charge on any atom is 0.262 e. The predicted octanol–water partition coefficient (Wildman–Crippen LogP) is 3.82. The summed E-state index contributed by atoms with van der Waals surface area (Å²) in [5.74, 6) is 0.224. The van der Waals surface area contributed by atoms with Crippen molar-refractivity contribution in [3.8, 4) is 5.75 Å². The lowest BCUT2D eigenvalue weighted by atomic mass is 10.1. The Balaban J connectivity index is 1.70. The number of pyridine rings is 1. The molecule has 0 atom stereocenters. The van der Waals surface area contributed by atoms with Gasteiger partial charge in [0.15, 0.2) is 6.61 Å². The summed E-state index contributed by atoms with van der Waals surface area (Å²) >= 11 is 3.35. The summed E-state index contributed by atoms with van der Waals surface area (Å²) in [6.45, 7) is 3.35. The van der Waals surface area contributed by atoms with E-state index in [1.807, 2.05) is 25.1 Å². The van der Waals surface area contributed by atoms with Gasteiger partial charge in [0.05, 0.1) is 12.0 Å². The number of ether oxygens (including phenoxy) is 2. The standard InChI is InChI=1S/C21H21BrN2O4/c1-2-27-13-12-24-11-10-17-18(21(24)26)4-3-5-19(17)28-14-20(25)23-16-8-6-15(22)7-9-16/h3-11H,2,12-14H2,1H3,(H,23,25). The van der Waals surface area contributed by atoms with Gasteiger partial charge in [0.25, 0.3) is 11.5 Å². The quantitative estimate of drug-likeness (QED) is 0.536. The second kappa shape index (κ2) is 9.52. The first-order valence-electron chi connectivity index (χ1n) is 8.96. The fourth-order valence-corrected chi connectivity index (χ4v) is 3.04. The molecule has 0 bridgehead atoms. The van der Waals surface area contributed by atoms with E-state index in [-0.39, 0.29) is 18.1 Å². The number of anilines is 1. The molecule has 6 nitrogen and oxygen atoms in total. The summed E-state index contributed by atoms with van der Waals surface area (Å²) in [5, 5.41) is 4.00. The zero-order valence-corrected chi connectivity index (χ0v) is 17.1. The number of nitrogens with zero attached hydrogens (tertiary/aromatic N) is 1. The van der Waals surface area contributed by atoms with E-state index in [4.69, 9.17) is 9.47 Å². The van der Waals surface area contributed by atoms with Crippen LogP contribution in [0.1, 0.15) is 6.92 Å². The van der Waals surface area contributed by atoms with Crippen molar-refractivity contribution >= 4 is 38.3 Å². The molecule has 1 N–H and O–H groups in total. The van der Waals surface area contributed by atoms with Crippen LogP contribution in [0, 0.1) is 0 Å². The molecule has 0 aliphatic heterocycles. The highest BCUT2D eigenvalue weighted by Crippen LogP contribution is 2.23. The first-order valence-corrected chi connectivity index (χ1v) is 9.76. The van der Waals surface area contributed by atoms with E-state index in [9.17, 15) is 9.59 Å². The van der Waals surface area contributed by atoms with Crippen LogP contribution >= 0.6 is 15.9 Å². The second-order valence-electron chi connectivity index (χ2n) is 6.07. The number of amides is 1. The third-order valence-corrected chi connectivity index (χ3v) is 4.67. The third-order valence-electron chi connectivity index (χ3n) is 4.15. The van der Waals surface area contributed by atoms with E-state index < -0.39 is 0 Å². The smallest absolute Gasteiger partial charge is 0.262 e. The van der Waals surface area contributed by atoms with Crippen molar-refractivity contribution in [2.45, 2.75) is 13.5 Å². The fourth-order valence-electron chi connectivity index (χ4n) is 2.77. The maximum atomic E-state index is 12.7. The number of carbonyl (C=O) groups is 1. The SMILES string of the molecule is CCOCCn1ccc2c(OCC(=O)Nc3ccc(Br)cc3)cccc2c1=O. The van der Waals surface area contributed by atoms with Crippen molar-refractivity contribution in [3.63, 3.8) is 0 Å². The van der Waals surface area contributed by atoms with Gasteiger partial charge in [0.2, 0.25) is 0 Å². The van der Waals surface area contributed by atoms with Gasteiger partial charge in [-0.05, 0) is 49.4 Å². The van der Waals surface area contributed by atoms with Crippen LogP contribution < -0.4 is 15.6 Å². The lowest BCUT2D eigenvalue weighted by Crippen LogP contribution is -2.22. The molecule has 0 saturated carbocycles. The Labute approximate surface area is 171 Å². The Morgan fingerprint density at radius 2 is 1.89 bits per heavy atom. The van der Waals surface area contributed by atoms with Crippen molar-refractivity contribution < 1.29 is 14.3 Å². The molecule has 0 unspecified atom stereocenters. The maximum absolute atomic E-state index is 12.7. The molecule has 0 aliphatic carbocycles. The molecule has 2 aromatic carbocycles. The average Bonchev–Trinajstić information content (AvgIpc) is 2.70. The number of nitrogens with one attached hydrogen (secondary N) is 1. The lowest BCUT2D eigenvalue weighted by molar-refractivity contribution is -0.118. The molecule has 0 fully saturated rings. The first kappa shape index (κ1) is 20.1. The van der Waals surface area contributed by atoms with Crippen LogP contribution in [0.5, 0.6) is 5.75 Å². The monoisotopic (exact) mass is 444 g/mol. The minimum atomic E-state index is -0.274. The molecular weight excluding hydrogens is 424 g/mol. The summed E-state index contributed by atoms with van der Waals surface area (Å²) in [6, 6.07) is 14.4. The molecule has 146 valence electrons. The van der Waals surface area contributed by atoms with E-state index in [1.54, 1.807) is 41.1 Å². The number of carbonyl (C=O) groups excluding carboxylic acids is 1. The van der Waals surface area contributed by atoms with Crippen LogP contribution in [0.3, 0.4) is 0 Å². The fraction of sp³-hybridized carbons (Fsp3) is 0.238. The van der Waals surface area contributed by atoms with Crippen molar-refractivity contribution in [2.24, 2.45) is 0 Å². The number of hydrogen-bond acceptors (Lipinski definition) is 4. The summed E-state index contributed by atoms with van der Waals surface area (Å²) < 4.78 is 13.5. The predicted molar refractivity (Wildman–Crippen MR) is 113 cm³/mol. The molecule has 0 radical (unpaired) electrons. The normalized spacial score (nSPS) is 10.8. The number of hydrogen-bond donors (Lipinski definition) is 1. The van der Waals surface area contributed by atoms with Crippen molar-refractivity contribution in [1.29, 1.82) is 0 Å². The van der Waals surface area contributed by atoms with E-state index in [0.29, 0.717) is 42.0 Å². The molecule has 0 aliphatic rings. The molecule has 1 heterocycles. The van der Waals surface area contributed by atoms with E-state index in [0.717, 1.165) is 4.47 Å². The van der Waals surface area contributed by atoms with Crippen molar-refractivity contribution in [3.05, 3.63) is 69.6 Å². The van der Waals surface area contributed by atoms with Gasteiger partial charge in [-0.15, -0.1) is 0 Å². The molecule has 1 amide bonds. The van der Waals surface area contributed by atoms with Crippen LogP contribution in [-0.2, 0) is 16.1 Å². The van der Waals surface area contributed by atoms with E-state index in [2.05, 4.69) is 21.2 Å². The summed E-state index contributed by atoms with van der Waals surface area (Å²) in [6.07, 6.45) is 1.72. The Morgan fingerprint density at radius 1 is 1.11 bits per heavy atom. The van der Waals surface area contributed by atoms with Crippen LogP contribution in [-0.4, -0.2) is 30.3 Å². The van der Waals surface area contributed by atoms with Crippen molar-refractivity contribution in [2.75, 3.05) is 25.1 Å². The van der Waals surface area contributed by atoms with Gasteiger partial charge >= 0.3 is 0 Å². The number of rotatable bonds is 8. The van der Waals surface area contributed by atoms with Crippen LogP contribution in [0.25, 0.3) is 10.8 Å². The second-order valence-corrected chi connectivity index (χ2v) is 6.99. The Hall–Kier alpha value is -2.64. The summed E-state index contributed by atoms with van der Waals surface area (Å²) in [5.41, 5.74) is 0.578. The number of fused-ring (bicyclic) bond motifs is 1. The molecule has 28 heavy (non-hydrogen) atoms. The van der Waals surface area contributed by atoms with Crippen LogP contribution in [0.2, 0.25) is 0 Å². The van der Waals surface area contributed by atoms with Gasteiger partial charge < -0.3 is 19.4 Å². The Bertz CT molecular complexity index is 1020. The topological polar surface area (TPSA) is 69.6 Å². The van der Waals surface area contributed by atoms with Gasteiger partial charge in [-0.1, -0.05) is 22.0 Å². The van der Waals surface area contributed by atoms with Gasteiger partial charge in [0.1, 0.15) is 5.75 Å². The zero-order valence-electron chi connectivity index (χ0n) is 15.5. The molecule has 0 spiro atoms. The highest BCUT2D eigenvalue weighted by atomic mass is 79.9. The lowest BCUT2D eigenvalue weighted by Gasteiger charge is -2.12. The summed E-state index contributed by atoms with van der Waals surface area (Å²) in [7, 11) is 0. The number of aromatic nitrogens is 1. The van der Waals surface area contributed by atoms with Gasteiger partial charge in [-0.25, -0.2) is 0 Å². The number of benzene rings is 2. The van der Waals surface area contributed by atoms with Gasteiger partial charge in [-0.2, -0.15) is 0 Å². The number of halogens is 1. The average molecular weight is 445 g/mol. The summed E-state index contributed by atoms with van der Waals surface area (Å²) in [4.78, 5) is 24.8. The molecular formula is C21H21BrN2O4. The Kier molecular flexibility index (Phi) is 6.84. The highest BCUT2D eigenvalue weighted by molar-refractivity contribution is 9.10. The van der Waals surface area contributed by atoms with Crippen LogP contribution in [0.4, 0.5) is 5.69 Å². The highest BCUT2D eigenvalue weighted by Gasteiger charge is 2.10. The largest absolute Gasteiger partial charge is 0.483 e. The minimum absolute atomic E-state index is 0.109. The zero-order chi connectivity index (χ0) is 19.9. The molecule has 7 heteroatoms. The Morgan fingerprint density at radius 3 is 2.64 bits per heavy atom. The van der Waals surface area contributed by atoms with Gasteiger partial charge in [0, 0.05) is 34.9 Å². The third kappa shape index (κ3) is 4.99. The van der Waals surface area contributed by atoms with Crippen molar-refractivity contribution in [1.82, 2.24) is 4.57 Å². The molecule has 0 saturated heterocycles. The minimum Gasteiger partial charge on any atom is -0.483 e. The first-order chi connectivity index (χ1) is 13.6. The molecule has 1 aromatic heterocycles. The van der Waals surface area contributed by atoms with E-state index >= 15 is 0 Å².